The molecule has 9 heavy (non-hydrogen) atoms. The predicted molar refractivity (Wildman–Crippen MR) is 48.0 cm³/mol. The Hall–Kier alpha value is -0.0900. The van der Waals surface area contributed by atoms with E-state index < -0.39 is 0 Å². The highest BCUT2D eigenvalue weighted by molar-refractivity contribution is 8.22. The standard InChI is InChI=1S/C5H10N2S2/c1-3-4-6-7-5(8)9-2/h4H,3H2,1-2H3,(H,7,8). The molecule has 2 nitrogen and oxygen atoms in total. The zero-order valence-electron chi connectivity index (χ0n) is 5.55. The number of thioether (sulfide) groups is 1. The van der Waals surface area contributed by atoms with Crippen LogP contribution in [0.1, 0.15) is 13.3 Å². The van der Waals surface area contributed by atoms with Crippen molar-refractivity contribution < 1.29 is 0 Å². The fourth-order valence-corrected chi connectivity index (χ4v) is 0.432. The summed E-state index contributed by atoms with van der Waals surface area (Å²) in [6, 6.07) is 0. The third-order valence-corrected chi connectivity index (χ3v) is 1.67. The van der Waals surface area contributed by atoms with E-state index in [1.165, 1.54) is 11.8 Å². The van der Waals surface area contributed by atoms with Crippen molar-refractivity contribution in [2.45, 2.75) is 13.3 Å². The van der Waals surface area contributed by atoms with Gasteiger partial charge in [0.15, 0.2) is 4.32 Å². The molecule has 0 saturated heterocycles. The molecule has 0 fully saturated rings. The number of hydrogen-bond donors (Lipinski definition) is 1. The number of hydrazone groups is 1. The van der Waals surface area contributed by atoms with Crippen molar-refractivity contribution in [2.75, 3.05) is 6.26 Å². The molecule has 0 aliphatic heterocycles. The van der Waals surface area contributed by atoms with Crippen LogP contribution in [-0.4, -0.2) is 16.8 Å². The van der Waals surface area contributed by atoms with Crippen LogP contribution < -0.4 is 5.43 Å². The molecular weight excluding hydrogens is 152 g/mol. The third kappa shape index (κ3) is 5.79. The first-order valence-corrected chi connectivity index (χ1v) is 4.30. The summed E-state index contributed by atoms with van der Waals surface area (Å²) in [6.07, 6.45) is 4.63. The highest BCUT2D eigenvalue weighted by Crippen LogP contribution is 1.92. The van der Waals surface area contributed by atoms with E-state index in [-0.39, 0.29) is 0 Å². The number of thiocarbonyl (C=S) groups is 1. The molecule has 0 bridgehead atoms. The SMILES string of the molecule is CCC=NNC(=S)SC. The van der Waals surface area contributed by atoms with Crippen LogP contribution in [0.25, 0.3) is 0 Å². The maximum absolute atomic E-state index is 4.81. The summed E-state index contributed by atoms with van der Waals surface area (Å²) in [4.78, 5) is 0. The molecule has 0 aromatic carbocycles. The second-order valence-electron chi connectivity index (χ2n) is 1.32. The average Bonchev–Trinajstić information content (AvgIpc) is 1.89. The van der Waals surface area contributed by atoms with Crippen LogP contribution in [0.5, 0.6) is 0 Å². The maximum atomic E-state index is 4.81. The lowest BCUT2D eigenvalue weighted by atomic mass is 10.6. The summed E-state index contributed by atoms with van der Waals surface area (Å²) >= 11 is 6.29. The number of rotatable bonds is 2. The van der Waals surface area contributed by atoms with Gasteiger partial charge in [-0.1, -0.05) is 30.9 Å². The Morgan fingerprint density at radius 1 is 1.89 bits per heavy atom. The van der Waals surface area contributed by atoms with Crippen LogP contribution in [-0.2, 0) is 0 Å². The van der Waals surface area contributed by atoms with E-state index in [1.54, 1.807) is 6.21 Å². The normalized spacial score (nSPS) is 10.0. The molecule has 0 rings (SSSR count). The van der Waals surface area contributed by atoms with E-state index in [0.29, 0.717) is 4.32 Å². The van der Waals surface area contributed by atoms with Gasteiger partial charge in [-0.15, -0.1) is 0 Å². The Morgan fingerprint density at radius 3 is 3.00 bits per heavy atom. The summed E-state index contributed by atoms with van der Waals surface area (Å²) in [5.41, 5.74) is 2.70. The summed E-state index contributed by atoms with van der Waals surface area (Å²) in [5.74, 6) is 0. The molecule has 0 aliphatic carbocycles. The molecule has 0 amide bonds. The number of hydrogen-bond acceptors (Lipinski definition) is 3. The van der Waals surface area contributed by atoms with Gasteiger partial charge in [-0.05, 0) is 12.7 Å². The van der Waals surface area contributed by atoms with E-state index >= 15 is 0 Å². The van der Waals surface area contributed by atoms with Gasteiger partial charge < -0.3 is 0 Å². The molecule has 0 atom stereocenters. The third-order valence-electron chi connectivity index (χ3n) is 0.615. The molecule has 0 radical (unpaired) electrons. The number of nitrogens with zero attached hydrogens (tertiary/aromatic N) is 1. The first-order valence-electron chi connectivity index (χ1n) is 2.66. The minimum absolute atomic E-state index is 0.708. The molecular formula is C5H10N2S2. The van der Waals surface area contributed by atoms with E-state index in [9.17, 15) is 0 Å². The van der Waals surface area contributed by atoms with Gasteiger partial charge in [0.1, 0.15) is 0 Å². The Bertz CT molecular complexity index is 112. The van der Waals surface area contributed by atoms with Crippen molar-refractivity contribution >= 4 is 34.5 Å². The van der Waals surface area contributed by atoms with Crippen molar-refractivity contribution in [3.63, 3.8) is 0 Å². The molecule has 0 unspecified atom stereocenters. The molecule has 0 heterocycles. The Balaban J connectivity index is 3.26. The van der Waals surface area contributed by atoms with Crippen LogP contribution in [0, 0.1) is 0 Å². The first kappa shape index (κ1) is 8.91. The van der Waals surface area contributed by atoms with Gasteiger partial charge in [0, 0.05) is 6.21 Å². The van der Waals surface area contributed by atoms with Crippen molar-refractivity contribution in [3.8, 4) is 0 Å². The van der Waals surface area contributed by atoms with Crippen LogP contribution in [0.4, 0.5) is 0 Å². The highest BCUT2D eigenvalue weighted by Gasteiger charge is 1.84. The van der Waals surface area contributed by atoms with Crippen LogP contribution in [0.15, 0.2) is 5.10 Å². The zero-order chi connectivity index (χ0) is 7.11. The van der Waals surface area contributed by atoms with Gasteiger partial charge >= 0.3 is 0 Å². The second-order valence-corrected chi connectivity index (χ2v) is 2.81. The van der Waals surface area contributed by atoms with Gasteiger partial charge in [0.25, 0.3) is 0 Å². The largest absolute Gasteiger partial charge is 0.263 e. The Morgan fingerprint density at radius 2 is 2.56 bits per heavy atom. The fourth-order valence-electron chi connectivity index (χ4n) is 0.235. The molecule has 4 heteroatoms. The maximum Gasteiger partial charge on any atom is 0.153 e. The van der Waals surface area contributed by atoms with Crippen LogP contribution in [0.3, 0.4) is 0 Å². The lowest BCUT2D eigenvalue weighted by Gasteiger charge is -1.94. The fraction of sp³-hybridized carbons (Fsp3) is 0.600. The monoisotopic (exact) mass is 162 g/mol. The minimum atomic E-state index is 0.708. The lowest BCUT2D eigenvalue weighted by molar-refractivity contribution is 1.06. The molecule has 0 aliphatic rings. The second kappa shape index (κ2) is 6.04. The molecule has 0 aromatic rings. The van der Waals surface area contributed by atoms with Crippen molar-refractivity contribution in [1.29, 1.82) is 0 Å². The first-order chi connectivity index (χ1) is 4.31. The highest BCUT2D eigenvalue weighted by atomic mass is 32.2. The van der Waals surface area contributed by atoms with Crippen LogP contribution >= 0.6 is 24.0 Å². The van der Waals surface area contributed by atoms with Crippen molar-refractivity contribution in [1.82, 2.24) is 5.43 Å². The topological polar surface area (TPSA) is 24.4 Å². The molecule has 1 N–H and O–H groups in total. The Kier molecular flexibility index (Phi) is 5.98. The minimum Gasteiger partial charge on any atom is -0.263 e. The summed E-state index contributed by atoms with van der Waals surface area (Å²) < 4.78 is 0.708. The van der Waals surface area contributed by atoms with E-state index in [1.807, 2.05) is 13.2 Å². The molecule has 52 valence electrons. The van der Waals surface area contributed by atoms with Crippen LogP contribution in [0.2, 0.25) is 0 Å². The lowest BCUT2D eigenvalue weighted by Crippen LogP contribution is -2.09. The average molecular weight is 162 g/mol. The Labute approximate surface area is 65.1 Å². The van der Waals surface area contributed by atoms with E-state index in [4.69, 9.17) is 12.2 Å². The van der Waals surface area contributed by atoms with Gasteiger partial charge in [0.05, 0.1) is 0 Å². The summed E-state index contributed by atoms with van der Waals surface area (Å²) in [5, 5.41) is 3.82. The summed E-state index contributed by atoms with van der Waals surface area (Å²) in [7, 11) is 0. The number of nitrogens with one attached hydrogen (secondary N) is 1. The molecule has 0 aromatic heterocycles. The van der Waals surface area contributed by atoms with E-state index in [0.717, 1.165) is 6.42 Å². The zero-order valence-corrected chi connectivity index (χ0v) is 7.18. The smallest absolute Gasteiger partial charge is 0.153 e. The van der Waals surface area contributed by atoms with Gasteiger partial charge in [-0.3, -0.25) is 5.43 Å². The van der Waals surface area contributed by atoms with Crippen molar-refractivity contribution in [2.24, 2.45) is 5.10 Å². The quantitative estimate of drug-likeness (QED) is 0.379. The molecule has 0 saturated carbocycles. The molecule has 0 spiro atoms. The van der Waals surface area contributed by atoms with Gasteiger partial charge in [-0.2, -0.15) is 5.10 Å². The van der Waals surface area contributed by atoms with Gasteiger partial charge in [0.2, 0.25) is 0 Å². The predicted octanol–water partition coefficient (Wildman–Crippen LogP) is 1.62. The van der Waals surface area contributed by atoms with Crippen molar-refractivity contribution in [3.05, 3.63) is 0 Å². The van der Waals surface area contributed by atoms with Gasteiger partial charge in [-0.25, -0.2) is 0 Å². The van der Waals surface area contributed by atoms with E-state index in [2.05, 4.69) is 10.5 Å². The summed E-state index contributed by atoms with van der Waals surface area (Å²) in [6.45, 7) is 2.02.